The maximum absolute atomic E-state index is 5.79. The highest BCUT2D eigenvalue weighted by Crippen LogP contribution is 2.35. The van der Waals surface area contributed by atoms with Crippen molar-refractivity contribution in [1.82, 2.24) is 0 Å². The second-order valence-corrected chi connectivity index (χ2v) is 5.16. The normalized spacial score (nSPS) is 10.8. The summed E-state index contributed by atoms with van der Waals surface area (Å²) in [4.78, 5) is 1.18. The number of alkyl halides is 1. The third-order valence-electron chi connectivity index (χ3n) is 1.98. The van der Waals surface area contributed by atoms with Crippen LogP contribution in [-0.2, 0) is 5.88 Å². The Morgan fingerprint density at radius 1 is 1.43 bits per heavy atom. The van der Waals surface area contributed by atoms with Gasteiger partial charge in [0, 0.05) is 19.4 Å². The van der Waals surface area contributed by atoms with Gasteiger partial charge in [0.05, 0.1) is 13.0 Å². The second-order valence-electron chi connectivity index (χ2n) is 2.87. The Morgan fingerprint density at radius 3 is 2.86 bits per heavy atom. The Bertz CT molecular complexity index is 466. The van der Waals surface area contributed by atoms with Crippen LogP contribution in [0.4, 0.5) is 0 Å². The topological polar surface area (TPSA) is 9.23 Å². The van der Waals surface area contributed by atoms with E-state index in [0.29, 0.717) is 5.88 Å². The number of ether oxygens (including phenoxy) is 1. The Kier molecular flexibility index (Phi) is 3.00. The summed E-state index contributed by atoms with van der Waals surface area (Å²) in [6.07, 6.45) is 0. The van der Waals surface area contributed by atoms with Gasteiger partial charge >= 0.3 is 0 Å². The molecule has 0 radical (unpaired) electrons. The molecule has 0 aliphatic heterocycles. The lowest BCUT2D eigenvalue weighted by molar-refractivity contribution is 0.415. The standard InChI is InChI=1S/C10H8BrClOS/c1-13-6-2-9(11)8-4-7(5-12)14-10(8)3-6/h2-4H,5H2,1H3. The molecule has 4 heteroatoms. The van der Waals surface area contributed by atoms with Gasteiger partial charge in [-0.2, -0.15) is 0 Å². The number of benzene rings is 1. The van der Waals surface area contributed by atoms with Gasteiger partial charge in [0.15, 0.2) is 0 Å². The number of hydrogen-bond acceptors (Lipinski definition) is 2. The highest BCUT2D eigenvalue weighted by atomic mass is 79.9. The van der Waals surface area contributed by atoms with Gasteiger partial charge in [-0.25, -0.2) is 0 Å². The van der Waals surface area contributed by atoms with Crippen LogP contribution in [0.1, 0.15) is 4.88 Å². The predicted molar refractivity (Wildman–Crippen MR) is 65.6 cm³/mol. The van der Waals surface area contributed by atoms with Crippen LogP contribution in [0.3, 0.4) is 0 Å². The van der Waals surface area contributed by atoms with Crippen molar-refractivity contribution >= 4 is 49.0 Å². The van der Waals surface area contributed by atoms with Crippen LogP contribution in [0.5, 0.6) is 5.75 Å². The first-order chi connectivity index (χ1) is 6.74. The number of rotatable bonds is 2. The summed E-state index contributed by atoms with van der Waals surface area (Å²) in [5.41, 5.74) is 0. The molecule has 1 aromatic heterocycles. The number of hydrogen-bond donors (Lipinski definition) is 0. The quantitative estimate of drug-likeness (QED) is 0.745. The first-order valence-electron chi connectivity index (χ1n) is 4.06. The third kappa shape index (κ3) is 1.76. The Hall–Kier alpha value is -0.250. The van der Waals surface area contributed by atoms with Crippen molar-refractivity contribution in [1.29, 1.82) is 0 Å². The highest BCUT2D eigenvalue weighted by Gasteiger charge is 2.06. The van der Waals surface area contributed by atoms with Crippen LogP contribution in [0, 0.1) is 0 Å². The molecule has 1 aromatic carbocycles. The van der Waals surface area contributed by atoms with E-state index in [-0.39, 0.29) is 0 Å². The zero-order chi connectivity index (χ0) is 10.1. The van der Waals surface area contributed by atoms with E-state index >= 15 is 0 Å². The van der Waals surface area contributed by atoms with Gasteiger partial charge in [0.25, 0.3) is 0 Å². The van der Waals surface area contributed by atoms with Crippen molar-refractivity contribution in [2.75, 3.05) is 7.11 Å². The van der Waals surface area contributed by atoms with Crippen molar-refractivity contribution in [2.24, 2.45) is 0 Å². The number of fused-ring (bicyclic) bond motifs is 1. The van der Waals surface area contributed by atoms with Gasteiger partial charge in [-0.3, -0.25) is 0 Å². The molecule has 2 aromatic rings. The third-order valence-corrected chi connectivity index (χ3v) is 4.16. The summed E-state index contributed by atoms with van der Waals surface area (Å²) in [5, 5.41) is 1.20. The van der Waals surface area contributed by atoms with E-state index in [4.69, 9.17) is 16.3 Å². The Labute approximate surface area is 99.8 Å². The van der Waals surface area contributed by atoms with Crippen LogP contribution < -0.4 is 4.74 Å². The minimum Gasteiger partial charge on any atom is -0.497 e. The first-order valence-corrected chi connectivity index (χ1v) is 6.21. The lowest BCUT2D eigenvalue weighted by atomic mass is 10.2. The van der Waals surface area contributed by atoms with Crippen molar-refractivity contribution in [3.8, 4) is 5.75 Å². The van der Waals surface area contributed by atoms with E-state index in [0.717, 1.165) is 10.2 Å². The Balaban J connectivity index is 2.67. The van der Waals surface area contributed by atoms with Crippen molar-refractivity contribution in [3.63, 3.8) is 0 Å². The average Bonchev–Trinajstić information content (AvgIpc) is 2.61. The summed E-state index contributed by atoms with van der Waals surface area (Å²) in [6.45, 7) is 0. The molecule has 1 nitrogen and oxygen atoms in total. The molecular weight excluding hydrogens is 284 g/mol. The van der Waals surface area contributed by atoms with E-state index < -0.39 is 0 Å². The van der Waals surface area contributed by atoms with Gasteiger partial charge in [0.1, 0.15) is 5.75 Å². The molecule has 0 fully saturated rings. The van der Waals surface area contributed by atoms with Crippen LogP contribution in [0.2, 0.25) is 0 Å². The number of thiophene rings is 1. The highest BCUT2D eigenvalue weighted by molar-refractivity contribution is 9.10. The molecular formula is C10H8BrClOS. The van der Waals surface area contributed by atoms with Gasteiger partial charge in [-0.15, -0.1) is 22.9 Å². The largest absolute Gasteiger partial charge is 0.497 e. The molecule has 0 N–H and O–H groups in total. The molecule has 0 atom stereocenters. The first kappa shape index (κ1) is 10.3. The summed E-state index contributed by atoms with van der Waals surface area (Å²) < 4.78 is 7.45. The maximum atomic E-state index is 5.79. The van der Waals surface area contributed by atoms with Crippen molar-refractivity contribution in [2.45, 2.75) is 5.88 Å². The van der Waals surface area contributed by atoms with Gasteiger partial charge in [-0.05, 0) is 34.1 Å². The van der Waals surface area contributed by atoms with Crippen LogP contribution in [0.15, 0.2) is 22.7 Å². The fourth-order valence-corrected chi connectivity index (χ4v) is 3.20. The lowest BCUT2D eigenvalue weighted by Gasteiger charge is -2.00. The number of methoxy groups -OCH3 is 1. The molecule has 14 heavy (non-hydrogen) atoms. The maximum Gasteiger partial charge on any atom is 0.121 e. The van der Waals surface area contributed by atoms with Crippen LogP contribution in [-0.4, -0.2) is 7.11 Å². The van der Waals surface area contributed by atoms with Crippen LogP contribution >= 0.6 is 38.9 Å². The molecule has 0 amide bonds. The predicted octanol–water partition coefficient (Wildman–Crippen LogP) is 4.41. The van der Waals surface area contributed by atoms with E-state index in [1.807, 2.05) is 12.1 Å². The molecule has 1 heterocycles. The minimum atomic E-state index is 0.564. The summed E-state index contributed by atoms with van der Waals surface area (Å²) in [7, 11) is 1.67. The summed E-state index contributed by atoms with van der Waals surface area (Å²) in [6, 6.07) is 6.10. The second kappa shape index (κ2) is 4.09. The molecule has 0 bridgehead atoms. The summed E-state index contributed by atoms with van der Waals surface area (Å²) >= 11 is 11.0. The monoisotopic (exact) mass is 290 g/mol. The smallest absolute Gasteiger partial charge is 0.121 e. The fourth-order valence-electron chi connectivity index (χ4n) is 1.31. The van der Waals surface area contributed by atoms with Crippen molar-refractivity contribution < 1.29 is 4.74 Å². The van der Waals surface area contributed by atoms with E-state index in [1.54, 1.807) is 18.4 Å². The molecule has 0 unspecified atom stereocenters. The van der Waals surface area contributed by atoms with E-state index in [1.165, 1.54) is 15.0 Å². The zero-order valence-electron chi connectivity index (χ0n) is 7.51. The molecule has 0 aliphatic rings. The summed E-state index contributed by atoms with van der Waals surface area (Å²) in [5.74, 6) is 1.43. The number of halogens is 2. The molecule has 0 spiro atoms. The van der Waals surface area contributed by atoms with E-state index in [9.17, 15) is 0 Å². The molecule has 2 rings (SSSR count). The van der Waals surface area contributed by atoms with Gasteiger partial charge in [-0.1, -0.05) is 0 Å². The molecule has 74 valence electrons. The van der Waals surface area contributed by atoms with Gasteiger partial charge < -0.3 is 4.74 Å². The van der Waals surface area contributed by atoms with Crippen LogP contribution in [0.25, 0.3) is 10.1 Å². The Morgan fingerprint density at radius 2 is 2.21 bits per heavy atom. The lowest BCUT2D eigenvalue weighted by Crippen LogP contribution is -1.81. The van der Waals surface area contributed by atoms with Gasteiger partial charge in [0.2, 0.25) is 0 Å². The molecule has 0 saturated heterocycles. The SMILES string of the molecule is COc1cc(Br)c2cc(CCl)sc2c1. The average molecular weight is 292 g/mol. The zero-order valence-corrected chi connectivity index (χ0v) is 10.7. The van der Waals surface area contributed by atoms with E-state index in [2.05, 4.69) is 22.0 Å². The van der Waals surface area contributed by atoms with Crippen molar-refractivity contribution in [3.05, 3.63) is 27.5 Å². The minimum absolute atomic E-state index is 0.564. The molecule has 0 aliphatic carbocycles. The fraction of sp³-hybridized carbons (Fsp3) is 0.200. The molecule has 0 saturated carbocycles.